The summed E-state index contributed by atoms with van der Waals surface area (Å²) in [7, 11) is 1.91. The summed E-state index contributed by atoms with van der Waals surface area (Å²) < 4.78 is 1.88. The Morgan fingerprint density at radius 3 is 2.63 bits per heavy atom. The Morgan fingerprint density at radius 1 is 1.37 bits per heavy atom. The molecule has 0 atom stereocenters. The quantitative estimate of drug-likeness (QED) is 0.362. The highest BCUT2D eigenvalue weighted by atomic mass is 32.2. The van der Waals surface area contributed by atoms with Gasteiger partial charge in [-0.15, -0.1) is 10.2 Å². The SMILES string of the molecule is Cn1cnnc1SCc1ccc(CC(=O)NN)cc1. The topological polar surface area (TPSA) is 85.8 Å². The first-order chi connectivity index (χ1) is 9.19. The van der Waals surface area contributed by atoms with Crippen molar-refractivity contribution >= 4 is 17.7 Å². The van der Waals surface area contributed by atoms with E-state index in [4.69, 9.17) is 5.84 Å². The van der Waals surface area contributed by atoms with Crippen molar-refractivity contribution in [3.05, 3.63) is 41.7 Å². The van der Waals surface area contributed by atoms with Gasteiger partial charge in [-0.25, -0.2) is 5.84 Å². The zero-order valence-corrected chi connectivity index (χ0v) is 11.4. The maximum atomic E-state index is 11.1. The van der Waals surface area contributed by atoms with Crippen LogP contribution < -0.4 is 11.3 Å². The molecule has 0 radical (unpaired) electrons. The van der Waals surface area contributed by atoms with Gasteiger partial charge in [-0.2, -0.15) is 0 Å². The second-order valence-corrected chi connectivity index (χ2v) is 5.02. The molecule has 0 aliphatic heterocycles. The Morgan fingerprint density at radius 2 is 2.05 bits per heavy atom. The number of carbonyl (C=O) groups is 1. The van der Waals surface area contributed by atoms with Crippen molar-refractivity contribution in [2.75, 3.05) is 0 Å². The molecule has 0 saturated carbocycles. The summed E-state index contributed by atoms with van der Waals surface area (Å²) in [5.74, 6) is 5.67. The van der Waals surface area contributed by atoms with Gasteiger partial charge in [0.15, 0.2) is 5.16 Å². The molecule has 6 nitrogen and oxygen atoms in total. The summed E-state index contributed by atoms with van der Waals surface area (Å²) in [4.78, 5) is 11.1. The maximum Gasteiger partial charge on any atom is 0.238 e. The fourth-order valence-corrected chi connectivity index (χ4v) is 2.38. The van der Waals surface area contributed by atoms with Gasteiger partial charge in [-0.1, -0.05) is 36.0 Å². The van der Waals surface area contributed by atoms with Gasteiger partial charge in [0, 0.05) is 12.8 Å². The summed E-state index contributed by atoms with van der Waals surface area (Å²) in [6, 6.07) is 7.87. The number of rotatable bonds is 5. The molecule has 1 aromatic carbocycles. The number of nitrogens with one attached hydrogen (secondary N) is 1. The highest BCUT2D eigenvalue weighted by molar-refractivity contribution is 7.98. The van der Waals surface area contributed by atoms with Gasteiger partial charge in [0.05, 0.1) is 6.42 Å². The van der Waals surface area contributed by atoms with Crippen LogP contribution in [-0.4, -0.2) is 20.7 Å². The number of nitrogens with two attached hydrogens (primary N) is 1. The van der Waals surface area contributed by atoms with E-state index < -0.39 is 0 Å². The number of carbonyl (C=O) groups excluding carboxylic acids is 1. The van der Waals surface area contributed by atoms with E-state index in [0.717, 1.165) is 16.5 Å². The Bertz CT molecular complexity index is 552. The number of nitrogens with zero attached hydrogens (tertiary/aromatic N) is 3. The largest absolute Gasteiger partial charge is 0.312 e. The van der Waals surface area contributed by atoms with Gasteiger partial charge in [0.2, 0.25) is 5.91 Å². The van der Waals surface area contributed by atoms with Crippen molar-refractivity contribution in [3.8, 4) is 0 Å². The summed E-state index contributed by atoms with van der Waals surface area (Å²) in [5.41, 5.74) is 4.23. The average molecular weight is 277 g/mol. The first kappa shape index (κ1) is 13.6. The highest BCUT2D eigenvalue weighted by Gasteiger charge is 2.04. The van der Waals surface area contributed by atoms with Crippen LogP contribution in [-0.2, 0) is 24.0 Å². The Balaban J connectivity index is 1.92. The van der Waals surface area contributed by atoms with Gasteiger partial charge in [0.25, 0.3) is 0 Å². The van der Waals surface area contributed by atoms with Crippen molar-refractivity contribution in [2.24, 2.45) is 12.9 Å². The van der Waals surface area contributed by atoms with Crippen LogP contribution in [0.3, 0.4) is 0 Å². The lowest BCUT2D eigenvalue weighted by atomic mass is 10.1. The maximum absolute atomic E-state index is 11.1. The van der Waals surface area contributed by atoms with Crippen molar-refractivity contribution in [1.82, 2.24) is 20.2 Å². The fourth-order valence-electron chi connectivity index (χ4n) is 1.54. The van der Waals surface area contributed by atoms with Gasteiger partial charge in [-0.05, 0) is 11.1 Å². The molecule has 0 fully saturated rings. The summed E-state index contributed by atoms with van der Waals surface area (Å²) in [6.45, 7) is 0. The molecule has 7 heteroatoms. The number of thioether (sulfide) groups is 1. The molecule has 2 aromatic rings. The number of amides is 1. The Hall–Kier alpha value is -1.86. The minimum Gasteiger partial charge on any atom is -0.312 e. The van der Waals surface area contributed by atoms with Crippen LogP contribution in [0.2, 0.25) is 0 Å². The molecular weight excluding hydrogens is 262 g/mol. The first-order valence-corrected chi connectivity index (χ1v) is 6.71. The van der Waals surface area contributed by atoms with Gasteiger partial charge >= 0.3 is 0 Å². The van der Waals surface area contributed by atoms with E-state index >= 15 is 0 Å². The van der Waals surface area contributed by atoms with Crippen LogP contribution in [0.1, 0.15) is 11.1 Å². The highest BCUT2D eigenvalue weighted by Crippen LogP contribution is 2.20. The van der Waals surface area contributed by atoms with E-state index in [1.54, 1.807) is 18.1 Å². The van der Waals surface area contributed by atoms with Crippen LogP contribution in [0, 0.1) is 0 Å². The average Bonchev–Trinajstić information content (AvgIpc) is 2.83. The molecule has 0 unspecified atom stereocenters. The smallest absolute Gasteiger partial charge is 0.238 e. The zero-order valence-electron chi connectivity index (χ0n) is 10.5. The molecule has 0 bridgehead atoms. The van der Waals surface area contributed by atoms with Crippen molar-refractivity contribution in [1.29, 1.82) is 0 Å². The summed E-state index contributed by atoms with van der Waals surface area (Å²) in [6.07, 6.45) is 1.98. The van der Waals surface area contributed by atoms with Gasteiger partial charge in [0.1, 0.15) is 6.33 Å². The van der Waals surface area contributed by atoms with Crippen LogP contribution >= 0.6 is 11.8 Å². The molecule has 19 heavy (non-hydrogen) atoms. The lowest BCUT2D eigenvalue weighted by Crippen LogP contribution is -2.31. The van der Waals surface area contributed by atoms with Gasteiger partial charge in [-0.3, -0.25) is 10.2 Å². The zero-order chi connectivity index (χ0) is 13.7. The number of hydrogen-bond acceptors (Lipinski definition) is 5. The number of hydrazine groups is 1. The third kappa shape index (κ3) is 3.80. The molecule has 0 spiro atoms. The predicted octanol–water partition coefficient (Wildman–Crippen LogP) is 0.640. The van der Waals surface area contributed by atoms with Crippen LogP contribution in [0.25, 0.3) is 0 Å². The third-order valence-corrected chi connectivity index (χ3v) is 3.69. The van der Waals surface area contributed by atoms with E-state index in [9.17, 15) is 4.79 Å². The second-order valence-electron chi connectivity index (χ2n) is 4.07. The van der Waals surface area contributed by atoms with Crippen molar-refractivity contribution in [3.63, 3.8) is 0 Å². The predicted molar refractivity (Wildman–Crippen MR) is 73.0 cm³/mol. The molecule has 0 aliphatic carbocycles. The third-order valence-electron chi connectivity index (χ3n) is 2.59. The Kier molecular flexibility index (Phi) is 4.53. The lowest BCUT2D eigenvalue weighted by molar-refractivity contribution is -0.120. The van der Waals surface area contributed by atoms with Gasteiger partial charge < -0.3 is 4.57 Å². The molecule has 3 N–H and O–H groups in total. The lowest BCUT2D eigenvalue weighted by Gasteiger charge is -2.03. The molecule has 1 aromatic heterocycles. The van der Waals surface area contributed by atoms with E-state index in [0.29, 0.717) is 6.42 Å². The summed E-state index contributed by atoms with van der Waals surface area (Å²) >= 11 is 1.62. The Labute approximate surface area is 115 Å². The van der Waals surface area contributed by atoms with Crippen LogP contribution in [0.5, 0.6) is 0 Å². The second kappa shape index (κ2) is 6.35. The van der Waals surface area contributed by atoms with Crippen LogP contribution in [0.15, 0.2) is 35.7 Å². The molecule has 1 amide bonds. The normalized spacial score (nSPS) is 10.4. The van der Waals surface area contributed by atoms with E-state index in [1.165, 1.54) is 5.56 Å². The minimum absolute atomic E-state index is 0.193. The van der Waals surface area contributed by atoms with E-state index in [2.05, 4.69) is 15.6 Å². The standard InChI is InChI=1S/C12H15N5OS/c1-17-8-14-16-12(17)19-7-10-4-2-9(3-5-10)6-11(18)15-13/h2-5,8H,6-7,13H2,1H3,(H,15,18). The molecule has 2 rings (SSSR count). The van der Waals surface area contributed by atoms with Crippen LogP contribution in [0.4, 0.5) is 0 Å². The van der Waals surface area contributed by atoms with Crippen molar-refractivity contribution < 1.29 is 4.79 Å². The van der Waals surface area contributed by atoms with E-state index in [-0.39, 0.29) is 5.91 Å². The fraction of sp³-hybridized carbons (Fsp3) is 0.250. The number of hydrogen-bond donors (Lipinski definition) is 2. The number of benzene rings is 1. The molecule has 1 heterocycles. The molecule has 100 valence electrons. The first-order valence-electron chi connectivity index (χ1n) is 5.73. The number of aromatic nitrogens is 3. The van der Waals surface area contributed by atoms with Crippen molar-refractivity contribution in [2.45, 2.75) is 17.3 Å². The molecule has 0 saturated heterocycles. The van der Waals surface area contributed by atoms with E-state index in [1.807, 2.05) is 35.9 Å². The number of aryl methyl sites for hydroxylation is 1. The minimum atomic E-state index is -0.193. The monoisotopic (exact) mass is 277 g/mol. The summed E-state index contributed by atoms with van der Waals surface area (Å²) in [5, 5.41) is 8.72. The molecular formula is C12H15N5OS. The molecule has 0 aliphatic rings.